The first-order valence-corrected chi connectivity index (χ1v) is 10.5. The summed E-state index contributed by atoms with van der Waals surface area (Å²) in [6, 6.07) is 16.5. The molecule has 1 atom stereocenters. The van der Waals surface area contributed by atoms with Crippen LogP contribution in [-0.2, 0) is 4.79 Å². The van der Waals surface area contributed by atoms with Crippen LogP contribution in [-0.4, -0.2) is 22.0 Å². The second kappa shape index (κ2) is 10.1. The van der Waals surface area contributed by atoms with E-state index < -0.39 is 16.0 Å². The van der Waals surface area contributed by atoms with E-state index in [2.05, 4.69) is 10.6 Å². The minimum Gasteiger partial charge on any atom is -0.325 e. The van der Waals surface area contributed by atoms with E-state index in [4.69, 9.17) is 0 Å². The molecule has 1 unspecified atom stereocenters. The Hall–Kier alpha value is -3.72. The van der Waals surface area contributed by atoms with E-state index in [1.807, 2.05) is 6.07 Å². The Balaban J connectivity index is 1.63. The maximum atomic E-state index is 13.0. The molecule has 3 aromatic carbocycles. The third-order valence-corrected chi connectivity index (χ3v) is 5.65. The predicted octanol–water partition coefficient (Wildman–Crippen LogP) is 5.41. The van der Waals surface area contributed by atoms with Crippen molar-refractivity contribution in [1.29, 1.82) is 0 Å². The van der Waals surface area contributed by atoms with Gasteiger partial charge in [-0.2, -0.15) is 0 Å². The van der Waals surface area contributed by atoms with Gasteiger partial charge in [-0.3, -0.25) is 19.7 Å². The Labute approximate surface area is 188 Å². The normalized spacial score (nSPS) is 11.5. The summed E-state index contributed by atoms with van der Waals surface area (Å²) < 4.78 is 13.0. The molecule has 2 N–H and O–H groups in total. The summed E-state index contributed by atoms with van der Waals surface area (Å²) in [5, 5.41) is 15.9. The number of non-ortho nitro benzene ring substituents is 1. The van der Waals surface area contributed by atoms with Crippen LogP contribution in [0.25, 0.3) is 0 Å². The van der Waals surface area contributed by atoms with Crippen molar-refractivity contribution in [3.05, 3.63) is 93.8 Å². The zero-order chi connectivity index (χ0) is 23.3. The zero-order valence-corrected chi connectivity index (χ0v) is 18.1. The first-order valence-electron chi connectivity index (χ1n) is 9.62. The fourth-order valence-electron chi connectivity index (χ4n) is 2.85. The van der Waals surface area contributed by atoms with Gasteiger partial charge in [-0.25, -0.2) is 4.39 Å². The fourth-order valence-corrected chi connectivity index (χ4v) is 3.77. The van der Waals surface area contributed by atoms with Gasteiger partial charge in [0, 0.05) is 34.0 Å². The van der Waals surface area contributed by atoms with Crippen LogP contribution in [0.5, 0.6) is 0 Å². The maximum absolute atomic E-state index is 13.0. The summed E-state index contributed by atoms with van der Waals surface area (Å²) in [6.45, 7) is 3.43. The van der Waals surface area contributed by atoms with Gasteiger partial charge in [0.15, 0.2) is 0 Å². The highest BCUT2D eigenvalue weighted by molar-refractivity contribution is 8.00. The highest BCUT2D eigenvalue weighted by Crippen LogP contribution is 2.28. The lowest BCUT2D eigenvalue weighted by Gasteiger charge is -2.14. The van der Waals surface area contributed by atoms with Crippen LogP contribution in [0.2, 0.25) is 0 Å². The molecule has 0 aliphatic rings. The monoisotopic (exact) mass is 453 g/mol. The average molecular weight is 453 g/mol. The Kier molecular flexibility index (Phi) is 7.21. The van der Waals surface area contributed by atoms with E-state index in [1.165, 1.54) is 54.2 Å². The van der Waals surface area contributed by atoms with Gasteiger partial charge in [-0.05, 0) is 67.9 Å². The molecular formula is C23H20FN3O4S. The molecule has 3 rings (SSSR count). The Morgan fingerprint density at radius 1 is 1.03 bits per heavy atom. The zero-order valence-electron chi connectivity index (χ0n) is 17.3. The molecule has 0 heterocycles. The number of aryl methyl sites for hydroxylation is 1. The summed E-state index contributed by atoms with van der Waals surface area (Å²) in [5.41, 5.74) is 1.94. The van der Waals surface area contributed by atoms with Crippen molar-refractivity contribution >= 4 is 40.6 Å². The van der Waals surface area contributed by atoms with Crippen molar-refractivity contribution in [2.75, 3.05) is 10.6 Å². The van der Waals surface area contributed by atoms with Crippen LogP contribution >= 0.6 is 11.8 Å². The smallest absolute Gasteiger partial charge is 0.269 e. The van der Waals surface area contributed by atoms with Crippen LogP contribution in [0.1, 0.15) is 22.8 Å². The number of carbonyl (C=O) groups is 2. The molecule has 0 aromatic heterocycles. The fraction of sp³-hybridized carbons (Fsp3) is 0.130. The predicted molar refractivity (Wildman–Crippen MR) is 123 cm³/mol. The molecule has 0 spiro atoms. The van der Waals surface area contributed by atoms with Crippen molar-refractivity contribution < 1.29 is 18.9 Å². The number of nitrogens with zero attached hydrogens (tertiary/aromatic N) is 1. The lowest BCUT2D eigenvalue weighted by Crippen LogP contribution is -2.22. The molecule has 7 nitrogen and oxygen atoms in total. The molecule has 0 saturated carbocycles. The van der Waals surface area contributed by atoms with Gasteiger partial charge in [0.2, 0.25) is 5.91 Å². The summed E-state index contributed by atoms with van der Waals surface area (Å²) >= 11 is 1.30. The number of nitrogens with one attached hydrogen (secondary N) is 2. The van der Waals surface area contributed by atoms with Crippen molar-refractivity contribution in [3.8, 4) is 0 Å². The van der Waals surface area contributed by atoms with Gasteiger partial charge in [-0.1, -0.05) is 6.07 Å². The van der Waals surface area contributed by atoms with E-state index in [0.717, 1.165) is 4.90 Å². The van der Waals surface area contributed by atoms with Crippen LogP contribution < -0.4 is 10.6 Å². The van der Waals surface area contributed by atoms with Crippen molar-refractivity contribution in [2.24, 2.45) is 0 Å². The Morgan fingerprint density at radius 3 is 2.41 bits per heavy atom. The minimum atomic E-state index is -0.487. The molecule has 0 bridgehead atoms. The number of halogens is 1. The molecule has 0 fully saturated rings. The van der Waals surface area contributed by atoms with Crippen LogP contribution in [0.3, 0.4) is 0 Å². The van der Waals surface area contributed by atoms with Crippen LogP contribution in [0, 0.1) is 22.9 Å². The van der Waals surface area contributed by atoms with Crippen molar-refractivity contribution in [1.82, 2.24) is 0 Å². The lowest BCUT2D eigenvalue weighted by atomic mass is 10.2. The molecule has 2 amide bonds. The first-order chi connectivity index (χ1) is 15.2. The number of benzene rings is 3. The van der Waals surface area contributed by atoms with Crippen molar-refractivity contribution in [2.45, 2.75) is 24.0 Å². The third kappa shape index (κ3) is 5.92. The number of anilines is 2. The largest absolute Gasteiger partial charge is 0.325 e. The number of thioether (sulfide) groups is 1. The maximum Gasteiger partial charge on any atom is 0.269 e. The first kappa shape index (κ1) is 23.0. The van der Waals surface area contributed by atoms with Crippen molar-refractivity contribution in [3.63, 3.8) is 0 Å². The molecule has 0 saturated heterocycles. The Morgan fingerprint density at radius 2 is 1.75 bits per heavy atom. The Bertz CT molecular complexity index is 1170. The molecule has 9 heteroatoms. The molecular weight excluding hydrogens is 433 g/mol. The number of nitro groups is 1. The number of nitro benzene ring substituents is 1. The SMILES string of the molecule is Cc1cc([N+](=O)[O-])ccc1NC(=O)C(C)Sc1cccc(NC(=O)c2ccc(F)cc2)c1. The quantitative estimate of drug-likeness (QED) is 0.283. The van der Waals surface area contributed by atoms with E-state index >= 15 is 0 Å². The number of hydrogen-bond acceptors (Lipinski definition) is 5. The second-order valence-corrected chi connectivity index (χ2v) is 8.41. The highest BCUT2D eigenvalue weighted by Gasteiger charge is 2.17. The lowest BCUT2D eigenvalue weighted by molar-refractivity contribution is -0.384. The minimum absolute atomic E-state index is 0.0394. The van der Waals surface area contributed by atoms with E-state index in [0.29, 0.717) is 22.5 Å². The molecule has 3 aromatic rings. The van der Waals surface area contributed by atoms with Gasteiger partial charge in [-0.15, -0.1) is 11.8 Å². The topological polar surface area (TPSA) is 101 Å². The molecule has 0 aliphatic heterocycles. The van der Waals surface area contributed by atoms with Gasteiger partial charge >= 0.3 is 0 Å². The van der Waals surface area contributed by atoms with Crippen LogP contribution in [0.15, 0.2) is 71.6 Å². The van der Waals surface area contributed by atoms with Gasteiger partial charge in [0.25, 0.3) is 11.6 Å². The number of amides is 2. The summed E-state index contributed by atoms with van der Waals surface area (Å²) in [4.78, 5) is 36.1. The average Bonchev–Trinajstić information content (AvgIpc) is 2.75. The van der Waals surface area contributed by atoms with E-state index in [9.17, 15) is 24.1 Å². The van der Waals surface area contributed by atoms with Gasteiger partial charge in [0.05, 0.1) is 10.2 Å². The van der Waals surface area contributed by atoms with E-state index in [-0.39, 0.29) is 17.5 Å². The molecule has 0 radical (unpaired) electrons. The second-order valence-electron chi connectivity index (χ2n) is 6.99. The number of carbonyl (C=O) groups excluding carboxylic acids is 2. The summed E-state index contributed by atoms with van der Waals surface area (Å²) in [7, 11) is 0. The van der Waals surface area contributed by atoms with E-state index in [1.54, 1.807) is 32.0 Å². The van der Waals surface area contributed by atoms with Gasteiger partial charge < -0.3 is 10.6 Å². The highest BCUT2D eigenvalue weighted by atomic mass is 32.2. The summed E-state index contributed by atoms with van der Waals surface area (Å²) in [6.07, 6.45) is 0. The molecule has 164 valence electrons. The molecule has 0 aliphatic carbocycles. The number of rotatable bonds is 7. The van der Waals surface area contributed by atoms with Gasteiger partial charge in [0.1, 0.15) is 5.82 Å². The number of hydrogen-bond donors (Lipinski definition) is 2. The molecule has 32 heavy (non-hydrogen) atoms. The summed E-state index contributed by atoms with van der Waals surface area (Å²) in [5.74, 6) is -1.05. The third-order valence-electron chi connectivity index (χ3n) is 4.56. The standard InChI is InChI=1S/C23H20FN3O4S/c1-14-12-19(27(30)31)10-11-21(14)26-22(28)15(2)32-20-5-3-4-18(13-20)25-23(29)16-6-8-17(24)9-7-16/h3-13,15H,1-2H3,(H,25,29)(H,26,28). The van der Waals surface area contributed by atoms with Crippen LogP contribution in [0.4, 0.5) is 21.5 Å².